The van der Waals surface area contributed by atoms with E-state index in [0.29, 0.717) is 30.6 Å². The lowest BCUT2D eigenvalue weighted by Gasteiger charge is -2.18. The Morgan fingerprint density at radius 1 is 1.21 bits per heavy atom. The molecule has 0 radical (unpaired) electrons. The molecule has 24 heavy (non-hydrogen) atoms. The third-order valence-electron chi connectivity index (χ3n) is 2.95. The Kier molecular flexibility index (Phi) is 9.74. The molecule has 1 rings (SSSR count). The molecule has 1 aromatic carbocycles. The lowest BCUT2D eigenvalue weighted by molar-refractivity contribution is -0.131. The maximum absolute atomic E-state index is 11.9. The molecule has 0 saturated carbocycles. The summed E-state index contributed by atoms with van der Waals surface area (Å²) in [6.07, 6.45) is -0.167. The minimum absolute atomic E-state index is 0.210. The van der Waals surface area contributed by atoms with Gasteiger partial charge in [-0.25, -0.2) is 0 Å². The number of nitrogens with one attached hydrogen (secondary N) is 3. The number of carbonyl (C=O) groups is 1. The van der Waals surface area contributed by atoms with Gasteiger partial charge in [-0.05, 0) is 43.8 Å². The van der Waals surface area contributed by atoms with Crippen molar-refractivity contribution in [3.05, 3.63) is 29.8 Å². The van der Waals surface area contributed by atoms with Gasteiger partial charge < -0.3 is 19.5 Å². The predicted molar refractivity (Wildman–Crippen MR) is 95.6 cm³/mol. The van der Waals surface area contributed by atoms with Crippen molar-refractivity contribution < 1.29 is 19.0 Å². The molecule has 1 amide bonds. The maximum Gasteiger partial charge on any atom is 0.242 e. The first-order chi connectivity index (χ1) is 11.6. The number of carbonyl (C=O) groups excluding carboxylic acids is 1. The molecule has 0 aliphatic carbocycles. The van der Waals surface area contributed by atoms with Crippen LogP contribution in [0, 0.1) is 0 Å². The van der Waals surface area contributed by atoms with Gasteiger partial charge in [-0.15, -0.1) is 0 Å². The third-order valence-corrected chi connectivity index (χ3v) is 3.20. The summed E-state index contributed by atoms with van der Waals surface area (Å²) in [6, 6.07) is 7.33. The Bertz CT molecular complexity index is 522. The fourth-order valence-corrected chi connectivity index (χ4v) is 2.03. The van der Waals surface area contributed by atoms with E-state index in [0.717, 1.165) is 5.56 Å². The zero-order chi connectivity index (χ0) is 17.8. The predicted octanol–water partition coefficient (Wildman–Crippen LogP) is 1.13. The highest BCUT2D eigenvalue weighted by Crippen LogP contribution is 2.12. The molecule has 0 atom stereocenters. The number of methoxy groups -OCH3 is 1. The van der Waals surface area contributed by atoms with Gasteiger partial charge in [0, 0.05) is 13.2 Å². The van der Waals surface area contributed by atoms with Gasteiger partial charge >= 0.3 is 0 Å². The second-order valence-electron chi connectivity index (χ2n) is 4.75. The molecule has 0 bridgehead atoms. The Morgan fingerprint density at radius 3 is 2.54 bits per heavy atom. The molecule has 0 aliphatic rings. The lowest BCUT2D eigenvalue weighted by atomic mass is 10.1. The molecule has 0 heterocycles. The first-order valence-corrected chi connectivity index (χ1v) is 8.18. The van der Waals surface area contributed by atoms with Crippen LogP contribution in [0.5, 0.6) is 5.75 Å². The van der Waals surface area contributed by atoms with Crippen molar-refractivity contribution in [2.45, 2.75) is 26.6 Å². The van der Waals surface area contributed by atoms with Crippen LogP contribution < -0.4 is 20.9 Å². The van der Waals surface area contributed by atoms with Crippen molar-refractivity contribution in [2.75, 3.05) is 26.9 Å². The van der Waals surface area contributed by atoms with Crippen molar-refractivity contribution in [3.8, 4) is 5.75 Å². The molecule has 0 aliphatic heterocycles. The molecule has 8 heteroatoms. The summed E-state index contributed by atoms with van der Waals surface area (Å²) < 4.78 is 15.9. The number of hydrazine groups is 1. The summed E-state index contributed by atoms with van der Waals surface area (Å²) in [5.74, 6) is 0.502. The molecule has 0 spiro atoms. The van der Waals surface area contributed by atoms with E-state index in [-0.39, 0.29) is 18.6 Å². The highest BCUT2D eigenvalue weighted by atomic mass is 32.1. The van der Waals surface area contributed by atoms with Crippen molar-refractivity contribution in [1.82, 2.24) is 16.2 Å². The number of hydrogen-bond donors (Lipinski definition) is 3. The van der Waals surface area contributed by atoms with Gasteiger partial charge in [0.15, 0.2) is 11.4 Å². The van der Waals surface area contributed by atoms with E-state index < -0.39 is 0 Å². The molecule has 3 N–H and O–H groups in total. The molecule has 0 fully saturated rings. The zero-order valence-corrected chi connectivity index (χ0v) is 15.1. The van der Waals surface area contributed by atoms with Crippen molar-refractivity contribution in [1.29, 1.82) is 0 Å². The molecule has 0 aromatic heterocycles. The highest BCUT2D eigenvalue weighted by Gasteiger charge is 2.09. The topological polar surface area (TPSA) is 80.9 Å². The van der Waals surface area contributed by atoms with Crippen molar-refractivity contribution in [3.63, 3.8) is 0 Å². The van der Waals surface area contributed by atoms with Crippen LogP contribution in [0.25, 0.3) is 0 Å². The van der Waals surface area contributed by atoms with Crippen LogP contribution in [-0.4, -0.2) is 44.2 Å². The summed E-state index contributed by atoms with van der Waals surface area (Å²) in [5.41, 5.74) is 6.04. The number of ether oxygens (including phenoxy) is 3. The normalized spacial score (nSPS) is 10.3. The molecule has 0 saturated heterocycles. The summed E-state index contributed by atoms with van der Waals surface area (Å²) >= 11 is 5.10. The van der Waals surface area contributed by atoms with Crippen LogP contribution in [0.4, 0.5) is 0 Å². The molecule has 7 nitrogen and oxygen atoms in total. The van der Waals surface area contributed by atoms with Gasteiger partial charge in [-0.2, -0.15) is 0 Å². The van der Waals surface area contributed by atoms with Gasteiger partial charge in [0.25, 0.3) is 0 Å². The average molecular weight is 355 g/mol. The number of hydrogen-bond acceptors (Lipinski definition) is 5. The van der Waals surface area contributed by atoms with Gasteiger partial charge in [-0.1, -0.05) is 12.1 Å². The summed E-state index contributed by atoms with van der Waals surface area (Å²) in [5, 5.41) is 3.22. The molecular formula is C16H25N3O4S. The molecular weight excluding hydrogens is 330 g/mol. The van der Waals surface area contributed by atoms with Crippen LogP contribution in [0.2, 0.25) is 0 Å². The Hall–Kier alpha value is -1.90. The van der Waals surface area contributed by atoms with Crippen LogP contribution in [-0.2, 0) is 20.7 Å². The lowest BCUT2D eigenvalue weighted by Crippen LogP contribution is -2.49. The first kappa shape index (κ1) is 20.1. The maximum atomic E-state index is 11.9. The number of amides is 1. The van der Waals surface area contributed by atoms with Crippen molar-refractivity contribution >= 4 is 23.2 Å². The van der Waals surface area contributed by atoms with Crippen LogP contribution >= 0.6 is 12.2 Å². The monoisotopic (exact) mass is 355 g/mol. The quantitative estimate of drug-likeness (QED) is 0.348. The fourth-order valence-electron chi connectivity index (χ4n) is 1.90. The zero-order valence-electron chi connectivity index (χ0n) is 14.3. The van der Waals surface area contributed by atoms with E-state index in [9.17, 15) is 4.79 Å². The third kappa shape index (κ3) is 8.09. The van der Waals surface area contributed by atoms with E-state index >= 15 is 0 Å². The molecule has 1 aromatic rings. The minimum atomic E-state index is -0.382. The van der Waals surface area contributed by atoms with Crippen LogP contribution in [0.3, 0.4) is 0 Å². The number of benzene rings is 1. The number of thiocarbonyl (C=S) groups is 1. The smallest absolute Gasteiger partial charge is 0.242 e. The van der Waals surface area contributed by atoms with Crippen LogP contribution in [0.15, 0.2) is 24.3 Å². The van der Waals surface area contributed by atoms with E-state index in [1.807, 2.05) is 38.1 Å². The summed E-state index contributed by atoms with van der Waals surface area (Å²) in [4.78, 5) is 11.9. The first-order valence-electron chi connectivity index (χ1n) is 7.77. The summed E-state index contributed by atoms with van der Waals surface area (Å²) in [7, 11) is 1.59. The Labute approximate surface area is 148 Å². The largest absolute Gasteiger partial charge is 0.497 e. The highest BCUT2D eigenvalue weighted by molar-refractivity contribution is 7.80. The SMILES string of the molecule is CCOC(CNC(=S)NNC(=O)Cc1cccc(OC)c1)OCC. The Balaban J connectivity index is 2.31. The van der Waals surface area contributed by atoms with E-state index in [4.69, 9.17) is 26.4 Å². The molecule has 134 valence electrons. The van der Waals surface area contributed by atoms with E-state index in [1.165, 1.54) is 0 Å². The summed E-state index contributed by atoms with van der Waals surface area (Å²) in [6.45, 7) is 5.26. The van der Waals surface area contributed by atoms with Gasteiger partial charge in [-0.3, -0.25) is 15.6 Å². The minimum Gasteiger partial charge on any atom is -0.497 e. The number of rotatable bonds is 9. The standard InChI is InChI=1S/C16H25N3O4S/c1-4-22-15(23-5-2)11-17-16(24)19-18-14(20)10-12-7-6-8-13(9-12)21-3/h6-9,15H,4-5,10-11H2,1-3H3,(H,18,20)(H2,17,19,24). The Morgan fingerprint density at radius 2 is 1.92 bits per heavy atom. The average Bonchev–Trinajstić information content (AvgIpc) is 2.58. The van der Waals surface area contributed by atoms with Crippen molar-refractivity contribution in [2.24, 2.45) is 0 Å². The van der Waals surface area contributed by atoms with E-state index in [2.05, 4.69) is 16.2 Å². The fraction of sp³-hybridized carbons (Fsp3) is 0.500. The van der Waals surface area contributed by atoms with Gasteiger partial charge in [0.05, 0.1) is 20.1 Å². The van der Waals surface area contributed by atoms with Gasteiger partial charge in [0.1, 0.15) is 5.75 Å². The second-order valence-corrected chi connectivity index (χ2v) is 5.16. The second kappa shape index (κ2) is 11.6. The van der Waals surface area contributed by atoms with Gasteiger partial charge in [0.2, 0.25) is 5.91 Å². The van der Waals surface area contributed by atoms with Crippen LogP contribution in [0.1, 0.15) is 19.4 Å². The molecule has 0 unspecified atom stereocenters. The van der Waals surface area contributed by atoms with E-state index in [1.54, 1.807) is 7.11 Å².